The van der Waals surface area contributed by atoms with Crippen molar-refractivity contribution < 1.29 is 32.4 Å². The molecule has 0 aromatic rings. The largest absolute Gasteiger partial charge is 0.344 e. The first-order chi connectivity index (χ1) is 21.5. The third-order valence-electron chi connectivity index (χ3n) is 11.0. The van der Waals surface area contributed by atoms with Gasteiger partial charge in [0.05, 0.1) is 35.2 Å². The van der Waals surface area contributed by atoms with Crippen LogP contribution in [0.2, 0.25) is 0 Å². The molecule has 46 heavy (non-hydrogen) atoms. The number of carbonyl (C=O) groups excluding carboxylic acids is 5. The van der Waals surface area contributed by atoms with Crippen molar-refractivity contribution in [1.82, 2.24) is 26.2 Å². The zero-order valence-electron chi connectivity index (χ0n) is 27.9. The Balaban J connectivity index is 1.42. The van der Waals surface area contributed by atoms with Gasteiger partial charge in [-0.2, -0.15) is 0 Å². The molecule has 3 aliphatic carbocycles. The van der Waals surface area contributed by atoms with Gasteiger partial charge in [0.1, 0.15) is 6.04 Å². The van der Waals surface area contributed by atoms with Crippen molar-refractivity contribution >= 4 is 39.4 Å². The predicted octanol–water partition coefficient (Wildman–Crippen LogP) is 1.68. The third-order valence-corrected chi connectivity index (χ3v) is 13.9. The molecule has 1 saturated heterocycles. The molecule has 4 atom stereocenters. The lowest BCUT2D eigenvalue weighted by Crippen LogP contribution is -2.60. The molecule has 256 valence electrons. The monoisotopic (exact) mass is 661 g/mol. The van der Waals surface area contributed by atoms with Crippen LogP contribution in [0.5, 0.6) is 0 Å². The summed E-state index contributed by atoms with van der Waals surface area (Å²) in [6.45, 7) is 9.15. The van der Waals surface area contributed by atoms with E-state index in [1.54, 1.807) is 13.8 Å². The van der Waals surface area contributed by atoms with Gasteiger partial charge < -0.3 is 26.2 Å². The molecular weight excluding hydrogens is 610 g/mol. The van der Waals surface area contributed by atoms with Gasteiger partial charge >= 0.3 is 6.03 Å². The first-order valence-corrected chi connectivity index (χ1v) is 18.3. The molecule has 4 N–H and O–H groups in total. The van der Waals surface area contributed by atoms with E-state index in [0.717, 1.165) is 32.1 Å². The van der Waals surface area contributed by atoms with E-state index in [9.17, 15) is 32.4 Å². The molecule has 5 amide bonds. The predicted molar refractivity (Wildman–Crippen MR) is 173 cm³/mol. The lowest BCUT2D eigenvalue weighted by atomic mass is 9.83. The van der Waals surface area contributed by atoms with Gasteiger partial charge in [-0.05, 0) is 62.7 Å². The fraction of sp³-hybridized carbons (Fsp3) is 0.788. The number of sulfone groups is 1. The van der Waals surface area contributed by atoms with Crippen molar-refractivity contribution in [3.05, 3.63) is 0 Å². The molecule has 0 aromatic heterocycles. The number of rotatable bonds is 14. The molecule has 13 heteroatoms. The van der Waals surface area contributed by atoms with Gasteiger partial charge in [0.15, 0.2) is 9.84 Å². The van der Waals surface area contributed by atoms with E-state index in [0.29, 0.717) is 32.2 Å². The van der Waals surface area contributed by atoms with E-state index >= 15 is 0 Å². The SMILES string of the molecule is C#CCNC(=O)C(=O)C(CC1CC1)NC(=O)[C@@H]1[C@@H]2[C@H](CN1C(=O)CNC(=O)NC1(CS(=O)(=O)C(C)(C)CC)CCCCC1)C2(C)C. The minimum atomic E-state index is -3.54. The fourth-order valence-electron chi connectivity index (χ4n) is 7.25. The third kappa shape index (κ3) is 7.69. The Morgan fingerprint density at radius 2 is 1.70 bits per heavy atom. The van der Waals surface area contributed by atoms with Gasteiger partial charge in [-0.1, -0.05) is 58.8 Å². The van der Waals surface area contributed by atoms with Crippen LogP contribution in [0.3, 0.4) is 0 Å². The van der Waals surface area contributed by atoms with Gasteiger partial charge in [-0.3, -0.25) is 19.2 Å². The first kappa shape index (κ1) is 35.7. The van der Waals surface area contributed by atoms with Crippen molar-refractivity contribution in [3.8, 4) is 12.3 Å². The van der Waals surface area contributed by atoms with Gasteiger partial charge in [-0.15, -0.1) is 6.42 Å². The zero-order chi connectivity index (χ0) is 34.1. The van der Waals surface area contributed by atoms with Gasteiger partial charge in [0.25, 0.3) is 5.91 Å². The Hall–Kier alpha value is -3.14. The van der Waals surface area contributed by atoms with Crippen molar-refractivity contribution in [1.29, 1.82) is 0 Å². The average molecular weight is 662 g/mol. The summed E-state index contributed by atoms with van der Waals surface area (Å²) in [7, 11) is -3.54. The number of Topliss-reactive ketones (excluding diaryl/α,β-unsaturated/α-hetero) is 1. The van der Waals surface area contributed by atoms with Crippen LogP contribution in [-0.2, 0) is 29.0 Å². The van der Waals surface area contributed by atoms with Crippen LogP contribution in [0.1, 0.15) is 92.4 Å². The van der Waals surface area contributed by atoms with Crippen molar-refractivity contribution in [2.24, 2.45) is 23.2 Å². The first-order valence-electron chi connectivity index (χ1n) is 16.6. The Bertz CT molecular complexity index is 1370. The summed E-state index contributed by atoms with van der Waals surface area (Å²) >= 11 is 0. The number of amides is 5. The van der Waals surface area contributed by atoms with Crippen molar-refractivity contribution in [2.45, 2.75) is 115 Å². The summed E-state index contributed by atoms with van der Waals surface area (Å²) in [6.07, 6.45) is 11.4. The molecule has 4 aliphatic rings. The highest BCUT2D eigenvalue weighted by atomic mass is 32.2. The smallest absolute Gasteiger partial charge is 0.315 e. The number of ketones is 1. The zero-order valence-corrected chi connectivity index (χ0v) is 28.7. The molecule has 0 bridgehead atoms. The van der Waals surface area contributed by atoms with Crippen molar-refractivity contribution in [2.75, 3.05) is 25.4 Å². The van der Waals surface area contributed by atoms with E-state index in [-0.39, 0.29) is 42.0 Å². The van der Waals surface area contributed by atoms with Gasteiger partial charge in [-0.25, -0.2) is 13.2 Å². The Kier molecular flexibility index (Phi) is 10.5. The number of nitrogens with one attached hydrogen (secondary N) is 4. The highest BCUT2D eigenvalue weighted by molar-refractivity contribution is 7.92. The van der Waals surface area contributed by atoms with E-state index in [1.165, 1.54) is 4.90 Å². The molecule has 0 spiro atoms. The number of likely N-dealkylation sites (tertiary alicyclic amines) is 1. The number of nitrogens with zero attached hydrogens (tertiary/aromatic N) is 1. The molecular formula is C33H51N5O7S. The molecule has 12 nitrogen and oxygen atoms in total. The number of carbonyl (C=O) groups is 5. The highest BCUT2D eigenvalue weighted by Gasteiger charge is 2.69. The Morgan fingerprint density at radius 1 is 1.04 bits per heavy atom. The average Bonchev–Trinajstić information content (AvgIpc) is 3.85. The molecule has 0 radical (unpaired) electrons. The molecule has 4 fully saturated rings. The minimum Gasteiger partial charge on any atom is -0.344 e. The maximum Gasteiger partial charge on any atom is 0.315 e. The molecule has 3 saturated carbocycles. The van der Waals surface area contributed by atoms with E-state index in [2.05, 4.69) is 27.2 Å². The summed E-state index contributed by atoms with van der Waals surface area (Å²) in [5.74, 6) is -0.300. The van der Waals surface area contributed by atoms with Crippen LogP contribution in [0.4, 0.5) is 4.79 Å². The van der Waals surface area contributed by atoms with Crippen LogP contribution >= 0.6 is 0 Å². The summed E-state index contributed by atoms with van der Waals surface area (Å²) in [5, 5.41) is 10.7. The van der Waals surface area contributed by atoms with Crippen LogP contribution in [0, 0.1) is 35.5 Å². The maximum atomic E-state index is 13.7. The van der Waals surface area contributed by atoms with E-state index < -0.39 is 61.7 Å². The normalized spacial score (nSPS) is 25.3. The van der Waals surface area contributed by atoms with Crippen LogP contribution in [0.15, 0.2) is 0 Å². The number of hydrogen-bond donors (Lipinski definition) is 4. The number of hydrogen-bond acceptors (Lipinski definition) is 7. The van der Waals surface area contributed by atoms with E-state index in [1.807, 2.05) is 20.8 Å². The summed E-state index contributed by atoms with van der Waals surface area (Å²) in [6, 6.07) is -2.51. The lowest BCUT2D eigenvalue weighted by molar-refractivity contribution is -0.143. The summed E-state index contributed by atoms with van der Waals surface area (Å²) in [5.41, 5.74) is -1.11. The lowest BCUT2D eigenvalue weighted by Gasteiger charge is -2.40. The summed E-state index contributed by atoms with van der Waals surface area (Å²) < 4.78 is 25.7. The van der Waals surface area contributed by atoms with E-state index in [4.69, 9.17) is 6.42 Å². The number of piperidine rings is 1. The van der Waals surface area contributed by atoms with Crippen LogP contribution < -0.4 is 21.3 Å². The molecule has 0 aromatic carbocycles. The maximum absolute atomic E-state index is 13.7. The van der Waals surface area contributed by atoms with Gasteiger partial charge in [0, 0.05) is 6.54 Å². The molecule has 1 unspecified atom stereocenters. The highest BCUT2D eigenvalue weighted by Crippen LogP contribution is 2.64. The molecule has 4 rings (SSSR count). The quantitative estimate of drug-likeness (QED) is 0.162. The van der Waals surface area contributed by atoms with Crippen molar-refractivity contribution in [3.63, 3.8) is 0 Å². The minimum absolute atomic E-state index is 0.0789. The molecule has 1 heterocycles. The van der Waals surface area contributed by atoms with Gasteiger partial charge in [0.2, 0.25) is 17.6 Å². The van der Waals surface area contributed by atoms with Crippen LogP contribution in [-0.4, -0.2) is 90.6 Å². The number of urea groups is 1. The number of terminal acetylenes is 1. The fourth-order valence-corrected chi connectivity index (χ4v) is 9.17. The summed E-state index contributed by atoms with van der Waals surface area (Å²) in [4.78, 5) is 67.2. The topological polar surface area (TPSA) is 171 Å². The number of fused-ring (bicyclic) bond motifs is 1. The second-order valence-corrected chi connectivity index (χ2v) is 17.6. The molecule has 1 aliphatic heterocycles. The standard InChI is InChI=1S/C33H51N5O7S/c1-7-16-34-29(42)27(40)23(17-21-12-13-21)36-28(41)26-25-22(32(25,5)6)19-38(26)24(39)18-35-30(43)37-33(14-10-9-11-15-33)20-46(44,45)31(3,4)8-2/h1,21-23,25-26H,8-20H2,2-6H3,(H,34,42)(H,36,41)(H2,35,37,43)/t22-,23?,25-,26-/m0/s1. The Morgan fingerprint density at radius 3 is 2.28 bits per heavy atom. The Labute approximate surface area is 273 Å². The second-order valence-electron chi connectivity index (χ2n) is 15.0. The van der Waals surface area contributed by atoms with Crippen LogP contribution in [0.25, 0.3) is 0 Å². The second kappa shape index (κ2) is 13.5.